The van der Waals surface area contributed by atoms with Crippen LogP contribution in [-0.4, -0.2) is 58.6 Å². The molecular weight excluding hydrogens is 378 g/mol. The highest BCUT2D eigenvalue weighted by Gasteiger charge is 2.45. The van der Waals surface area contributed by atoms with Gasteiger partial charge in [0.15, 0.2) is 12.4 Å². The Morgan fingerprint density at radius 3 is 2.24 bits per heavy atom. The van der Waals surface area contributed by atoms with Crippen molar-refractivity contribution in [2.75, 3.05) is 6.61 Å². The first-order chi connectivity index (χ1) is 14.0. The van der Waals surface area contributed by atoms with Crippen LogP contribution < -0.4 is 0 Å². The van der Waals surface area contributed by atoms with Gasteiger partial charge in [0.05, 0.1) is 11.6 Å². The van der Waals surface area contributed by atoms with E-state index in [1.54, 1.807) is 60.7 Å². The van der Waals surface area contributed by atoms with Crippen molar-refractivity contribution in [2.24, 2.45) is 0 Å². The van der Waals surface area contributed by atoms with Crippen LogP contribution in [-0.2, 0) is 14.2 Å². The molecule has 1 saturated heterocycles. The standard InChI is InChI=1S/C21H21NO7/c22-11-15(13-7-3-1-4-8-13)28-21-19(25)18(24)17(23)16(29-21)12-27-20(26)14-9-5-2-6-10-14/h1-10,15-19,21,23-25H,12H2. The lowest BCUT2D eigenvalue weighted by Crippen LogP contribution is -2.59. The molecule has 0 bridgehead atoms. The number of ether oxygens (including phenoxy) is 3. The molecule has 8 nitrogen and oxygen atoms in total. The molecule has 1 heterocycles. The first kappa shape index (κ1) is 20.9. The third kappa shape index (κ3) is 4.98. The molecule has 1 fully saturated rings. The lowest BCUT2D eigenvalue weighted by Gasteiger charge is -2.40. The molecule has 2 aromatic rings. The Kier molecular flexibility index (Phi) is 6.93. The molecule has 0 spiro atoms. The predicted octanol–water partition coefficient (Wildman–Crippen LogP) is 0.932. The molecule has 0 radical (unpaired) electrons. The van der Waals surface area contributed by atoms with Gasteiger partial charge in [0.25, 0.3) is 0 Å². The zero-order chi connectivity index (χ0) is 20.8. The summed E-state index contributed by atoms with van der Waals surface area (Å²) in [6.07, 6.45) is -8.33. The number of benzene rings is 2. The van der Waals surface area contributed by atoms with Crippen LogP contribution in [0.15, 0.2) is 60.7 Å². The number of carbonyl (C=O) groups excluding carboxylic acids is 1. The van der Waals surface area contributed by atoms with Crippen LogP contribution in [0.2, 0.25) is 0 Å². The van der Waals surface area contributed by atoms with E-state index in [-0.39, 0.29) is 6.61 Å². The fraction of sp³-hybridized carbons (Fsp3) is 0.333. The number of aliphatic hydroxyl groups excluding tert-OH is 3. The molecule has 0 aliphatic carbocycles. The molecule has 0 saturated carbocycles. The Morgan fingerprint density at radius 1 is 1.00 bits per heavy atom. The Morgan fingerprint density at radius 2 is 1.62 bits per heavy atom. The molecule has 0 amide bonds. The van der Waals surface area contributed by atoms with Gasteiger partial charge in [-0.1, -0.05) is 48.5 Å². The van der Waals surface area contributed by atoms with Gasteiger partial charge in [-0.25, -0.2) is 4.79 Å². The Labute approximate surface area is 167 Å². The van der Waals surface area contributed by atoms with Crippen molar-refractivity contribution in [1.82, 2.24) is 0 Å². The molecule has 8 heteroatoms. The maximum atomic E-state index is 12.1. The Hall–Kier alpha value is -2.80. The van der Waals surface area contributed by atoms with Gasteiger partial charge in [-0.3, -0.25) is 0 Å². The van der Waals surface area contributed by atoms with E-state index in [1.165, 1.54) is 0 Å². The summed E-state index contributed by atoms with van der Waals surface area (Å²) >= 11 is 0. The van der Waals surface area contributed by atoms with Gasteiger partial charge in [0, 0.05) is 0 Å². The van der Waals surface area contributed by atoms with Gasteiger partial charge in [-0.15, -0.1) is 0 Å². The van der Waals surface area contributed by atoms with E-state index in [9.17, 15) is 25.4 Å². The SMILES string of the molecule is N#CC(OC1OC(COC(=O)c2ccccc2)C(O)C(O)C1O)c1ccccc1. The number of hydrogen-bond donors (Lipinski definition) is 3. The third-order valence-corrected chi connectivity index (χ3v) is 4.55. The first-order valence-electron chi connectivity index (χ1n) is 9.03. The maximum Gasteiger partial charge on any atom is 0.338 e. The predicted molar refractivity (Wildman–Crippen MR) is 99.3 cm³/mol. The van der Waals surface area contributed by atoms with Crippen molar-refractivity contribution in [3.63, 3.8) is 0 Å². The van der Waals surface area contributed by atoms with Crippen LogP contribution in [0.4, 0.5) is 0 Å². The number of carbonyl (C=O) groups is 1. The van der Waals surface area contributed by atoms with Gasteiger partial charge in [-0.05, 0) is 17.7 Å². The van der Waals surface area contributed by atoms with Crippen LogP contribution >= 0.6 is 0 Å². The monoisotopic (exact) mass is 399 g/mol. The number of esters is 1. The number of rotatable bonds is 6. The van der Waals surface area contributed by atoms with Gasteiger partial charge in [-0.2, -0.15) is 5.26 Å². The highest BCUT2D eigenvalue weighted by molar-refractivity contribution is 5.89. The summed E-state index contributed by atoms with van der Waals surface area (Å²) in [5.74, 6) is -0.626. The molecule has 6 atom stereocenters. The number of hydrogen-bond acceptors (Lipinski definition) is 8. The smallest absolute Gasteiger partial charge is 0.338 e. The summed E-state index contributed by atoms with van der Waals surface area (Å²) in [5.41, 5.74) is 0.860. The van der Waals surface area contributed by atoms with Crippen LogP contribution in [0.1, 0.15) is 22.0 Å². The van der Waals surface area contributed by atoms with Crippen LogP contribution in [0.3, 0.4) is 0 Å². The van der Waals surface area contributed by atoms with Crippen LogP contribution in [0.5, 0.6) is 0 Å². The zero-order valence-corrected chi connectivity index (χ0v) is 15.4. The fourth-order valence-corrected chi connectivity index (χ4v) is 2.93. The number of aliphatic hydroxyl groups is 3. The topological polar surface area (TPSA) is 129 Å². The van der Waals surface area contributed by atoms with Gasteiger partial charge >= 0.3 is 5.97 Å². The van der Waals surface area contributed by atoms with Crippen molar-refractivity contribution < 1.29 is 34.3 Å². The fourth-order valence-electron chi connectivity index (χ4n) is 2.93. The summed E-state index contributed by atoms with van der Waals surface area (Å²) in [7, 11) is 0. The minimum absolute atomic E-state index is 0.319. The van der Waals surface area contributed by atoms with E-state index in [2.05, 4.69) is 0 Å². The molecule has 1 aliphatic rings. The zero-order valence-electron chi connectivity index (χ0n) is 15.4. The quantitative estimate of drug-likeness (QED) is 0.612. The molecule has 6 unspecified atom stereocenters. The Balaban J connectivity index is 1.66. The average molecular weight is 399 g/mol. The second kappa shape index (κ2) is 9.60. The number of nitrogens with zero attached hydrogens (tertiary/aromatic N) is 1. The second-order valence-corrected chi connectivity index (χ2v) is 6.54. The summed E-state index contributed by atoms with van der Waals surface area (Å²) < 4.78 is 16.2. The number of nitriles is 1. The summed E-state index contributed by atoms with van der Waals surface area (Å²) in [4.78, 5) is 12.1. The van der Waals surface area contributed by atoms with Crippen molar-refractivity contribution in [3.05, 3.63) is 71.8 Å². The van der Waals surface area contributed by atoms with E-state index in [0.717, 1.165) is 0 Å². The minimum atomic E-state index is -1.61. The molecule has 152 valence electrons. The van der Waals surface area contributed by atoms with Gasteiger partial charge < -0.3 is 29.5 Å². The molecule has 0 aromatic heterocycles. The minimum Gasteiger partial charge on any atom is -0.459 e. The largest absolute Gasteiger partial charge is 0.459 e. The maximum absolute atomic E-state index is 12.1. The van der Waals surface area contributed by atoms with Crippen LogP contribution in [0, 0.1) is 11.3 Å². The molecule has 2 aromatic carbocycles. The summed E-state index contributed by atoms with van der Waals surface area (Å²) in [5, 5.41) is 39.9. The van der Waals surface area contributed by atoms with E-state index in [1.807, 2.05) is 6.07 Å². The lowest BCUT2D eigenvalue weighted by molar-refractivity contribution is -0.307. The van der Waals surface area contributed by atoms with Gasteiger partial charge in [0.2, 0.25) is 0 Å². The normalized spacial score (nSPS) is 27.6. The van der Waals surface area contributed by atoms with Crippen molar-refractivity contribution >= 4 is 5.97 Å². The van der Waals surface area contributed by atoms with Crippen molar-refractivity contribution in [2.45, 2.75) is 36.8 Å². The Bertz CT molecular complexity index is 839. The summed E-state index contributed by atoms with van der Waals surface area (Å²) in [6.45, 7) is -0.374. The molecule has 3 N–H and O–H groups in total. The first-order valence-corrected chi connectivity index (χ1v) is 9.03. The molecule has 29 heavy (non-hydrogen) atoms. The highest BCUT2D eigenvalue weighted by Crippen LogP contribution is 2.27. The molecular formula is C21H21NO7. The van der Waals surface area contributed by atoms with E-state index >= 15 is 0 Å². The lowest BCUT2D eigenvalue weighted by atomic mass is 9.99. The molecule has 1 aliphatic heterocycles. The third-order valence-electron chi connectivity index (χ3n) is 4.55. The van der Waals surface area contributed by atoms with Crippen molar-refractivity contribution in [3.8, 4) is 6.07 Å². The van der Waals surface area contributed by atoms with E-state index in [0.29, 0.717) is 11.1 Å². The van der Waals surface area contributed by atoms with Crippen LogP contribution in [0.25, 0.3) is 0 Å². The van der Waals surface area contributed by atoms with Gasteiger partial charge in [0.1, 0.15) is 31.0 Å². The second-order valence-electron chi connectivity index (χ2n) is 6.54. The summed E-state index contributed by atoms with van der Waals surface area (Å²) in [6, 6.07) is 18.8. The highest BCUT2D eigenvalue weighted by atomic mass is 16.7. The van der Waals surface area contributed by atoms with Crippen molar-refractivity contribution in [1.29, 1.82) is 5.26 Å². The van der Waals surface area contributed by atoms with E-state index < -0.39 is 42.8 Å². The van der Waals surface area contributed by atoms with E-state index in [4.69, 9.17) is 14.2 Å². The average Bonchev–Trinajstić information content (AvgIpc) is 2.77. The molecule has 3 rings (SSSR count).